The quantitative estimate of drug-likeness (QED) is 0.737. The Kier molecular flexibility index (Phi) is 4.81. The van der Waals surface area contributed by atoms with Gasteiger partial charge in [-0.25, -0.2) is 4.39 Å². The summed E-state index contributed by atoms with van der Waals surface area (Å²) in [5, 5.41) is 9.30. The van der Waals surface area contributed by atoms with Crippen molar-refractivity contribution in [3.05, 3.63) is 76.7 Å². The maximum Gasteiger partial charge on any atom is 0.255 e. The van der Waals surface area contributed by atoms with Crippen LogP contribution in [0.2, 0.25) is 0 Å². The van der Waals surface area contributed by atoms with Gasteiger partial charge in [0.05, 0.1) is 11.6 Å². The van der Waals surface area contributed by atoms with Crippen LogP contribution < -0.4 is 16.0 Å². The number of benzene rings is 2. The molecule has 6 heteroatoms. The number of aryl methyl sites for hydroxylation is 1. The Bertz CT molecular complexity index is 861. The van der Waals surface area contributed by atoms with Gasteiger partial charge in [-0.3, -0.25) is 4.79 Å². The molecule has 3 N–H and O–H groups in total. The molecule has 0 aliphatic carbocycles. The lowest BCUT2D eigenvalue weighted by atomic mass is 9.95. The highest BCUT2D eigenvalue weighted by molar-refractivity contribution is 7.80. The SMILES string of the molecule is CC1=C(C(=O)Nc2ccc(C)cc2)[C@@H](c2cccc(F)c2)NC(=S)N1. The number of anilines is 1. The van der Waals surface area contributed by atoms with E-state index in [1.165, 1.54) is 12.1 Å². The van der Waals surface area contributed by atoms with Crippen molar-refractivity contribution >= 4 is 28.9 Å². The Balaban J connectivity index is 1.94. The summed E-state index contributed by atoms with van der Waals surface area (Å²) in [6, 6.07) is 13.2. The number of amides is 1. The van der Waals surface area contributed by atoms with Crippen molar-refractivity contribution in [1.82, 2.24) is 10.6 Å². The molecule has 0 radical (unpaired) electrons. The van der Waals surface area contributed by atoms with Crippen molar-refractivity contribution in [2.24, 2.45) is 0 Å². The normalized spacial score (nSPS) is 16.9. The van der Waals surface area contributed by atoms with Crippen LogP contribution in [0.15, 0.2) is 59.8 Å². The van der Waals surface area contributed by atoms with E-state index in [0.29, 0.717) is 27.6 Å². The molecule has 0 saturated carbocycles. The molecule has 0 aromatic heterocycles. The third-order valence-electron chi connectivity index (χ3n) is 4.01. The van der Waals surface area contributed by atoms with Crippen LogP contribution in [0.4, 0.5) is 10.1 Å². The van der Waals surface area contributed by atoms with Gasteiger partial charge in [0.2, 0.25) is 0 Å². The third-order valence-corrected chi connectivity index (χ3v) is 4.23. The lowest BCUT2D eigenvalue weighted by molar-refractivity contribution is -0.113. The minimum atomic E-state index is -0.519. The molecular formula is C19H18FN3OS. The van der Waals surface area contributed by atoms with Crippen LogP contribution in [-0.2, 0) is 4.79 Å². The molecular weight excluding hydrogens is 337 g/mol. The van der Waals surface area contributed by atoms with Gasteiger partial charge < -0.3 is 16.0 Å². The van der Waals surface area contributed by atoms with Gasteiger partial charge in [-0.05, 0) is 55.9 Å². The van der Waals surface area contributed by atoms with Gasteiger partial charge in [-0.15, -0.1) is 0 Å². The largest absolute Gasteiger partial charge is 0.351 e. The van der Waals surface area contributed by atoms with E-state index >= 15 is 0 Å². The number of hydrogen-bond donors (Lipinski definition) is 3. The number of rotatable bonds is 3. The monoisotopic (exact) mass is 355 g/mol. The van der Waals surface area contributed by atoms with Crippen LogP contribution >= 0.6 is 12.2 Å². The predicted octanol–water partition coefficient (Wildman–Crippen LogP) is 3.57. The first-order valence-corrected chi connectivity index (χ1v) is 8.26. The van der Waals surface area contributed by atoms with Crippen molar-refractivity contribution in [1.29, 1.82) is 0 Å². The number of thiocarbonyl (C=S) groups is 1. The van der Waals surface area contributed by atoms with E-state index < -0.39 is 6.04 Å². The number of allylic oxidation sites excluding steroid dienone is 1. The van der Waals surface area contributed by atoms with E-state index in [-0.39, 0.29) is 11.7 Å². The Morgan fingerprint density at radius 1 is 1.16 bits per heavy atom. The van der Waals surface area contributed by atoms with E-state index in [0.717, 1.165) is 5.56 Å². The van der Waals surface area contributed by atoms with E-state index in [2.05, 4.69) is 16.0 Å². The molecule has 0 bridgehead atoms. The maximum absolute atomic E-state index is 13.6. The molecule has 2 aromatic rings. The van der Waals surface area contributed by atoms with Gasteiger partial charge in [0.25, 0.3) is 5.91 Å². The Morgan fingerprint density at radius 2 is 1.88 bits per heavy atom. The van der Waals surface area contributed by atoms with Gasteiger partial charge >= 0.3 is 0 Å². The topological polar surface area (TPSA) is 53.2 Å². The summed E-state index contributed by atoms with van der Waals surface area (Å²) in [5.41, 5.74) is 3.55. The van der Waals surface area contributed by atoms with Crippen LogP contribution in [0, 0.1) is 12.7 Å². The Morgan fingerprint density at radius 3 is 2.56 bits per heavy atom. The fraction of sp³-hybridized carbons (Fsp3) is 0.158. The molecule has 128 valence electrons. The second-order valence-electron chi connectivity index (χ2n) is 5.95. The molecule has 1 atom stereocenters. The minimum Gasteiger partial charge on any atom is -0.351 e. The number of carbonyl (C=O) groups excluding carboxylic acids is 1. The zero-order valence-electron chi connectivity index (χ0n) is 13.9. The first-order chi connectivity index (χ1) is 11.9. The second kappa shape index (κ2) is 7.03. The molecule has 1 amide bonds. The Hall–Kier alpha value is -2.73. The lowest BCUT2D eigenvalue weighted by Crippen LogP contribution is -2.45. The average molecular weight is 355 g/mol. The fourth-order valence-corrected chi connectivity index (χ4v) is 3.04. The number of carbonyl (C=O) groups is 1. The third kappa shape index (κ3) is 3.85. The van der Waals surface area contributed by atoms with Crippen molar-refractivity contribution in [3.63, 3.8) is 0 Å². The van der Waals surface area contributed by atoms with Crippen molar-refractivity contribution in [2.75, 3.05) is 5.32 Å². The summed E-state index contributed by atoms with van der Waals surface area (Å²) >= 11 is 5.19. The molecule has 1 aliphatic rings. The highest BCUT2D eigenvalue weighted by atomic mass is 32.1. The van der Waals surface area contributed by atoms with Gasteiger partial charge in [0, 0.05) is 11.4 Å². The molecule has 25 heavy (non-hydrogen) atoms. The molecule has 0 unspecified atom stereocenters. The molecule has 1 aliphatic heterocycles. The second-order valence-corrected chi connectivity index (χ2v) is 6.35. The van der Waals surface area contributed by atoms with Crippen molar-refractivity contribution in [3.8, 4) is 0 Å². The van der Waals surface area contributed by atoms with Gasteiger partial charge in [-0.2, -0.15) is 0 Å². The minimum absolute atomic E-state index is 0.266. The average Bonchev–Trinajstić information content (AvgIpc) is 2.56. The van der Waals surface area contributed by atoms with E-state index in [1.807, 2.05) is 31.2 Å². The summed E-state index contributed by atoms with van der Waals surface area (Å²) in [5.74, 6) is -0.627. The van der Waals surface area contributed by atoms with Crippen LogP contribution in [0.5, 0.6) is 0 Å². The fourth-order valence-electron chi connectivity index (χ4n) is 2.77. The van der Waals surface area contributed by atoms with Gasteiger partial charge in [0.1, 0.15) is 5.82 Å². The predicted molar refractivity (Wildman–Crippen MR) is 101 cm³/mol. The van der Waals surface area contributed by atoms with Crippen molar-refractivity contribution < 1.29 is 9.18 Å². The lowest BCUT2D eigenvalue weighted by Gasteiger charge is -2.30. The summed E-state index contributed by atoms with van der Waals surface area (Å²) < 4.78 is 13.6. The van der Waals surface area contributed by atoms with E-state index in [1.54, 1.807) is 19.1 Å². The molecule has 1 heterocycles. The van der Waals surface area contributed by atoms with E-state index in [9.17, 15) is 9.18 Å². The van der Waals surface area contributed by atoms with Crippen LogP contribution in [0.1, 0.15) is 24.1 Å². The smallest absolute Gasteiger partial charge is 0.255 e. The summed E-state index contributed by atoms with van der Waals surface area (Å²) in [6.07, 6.45) is 0. The van der Waals surface area contributed by atoms with Gasteiger partial charge in [-0.1, -0.05) is 29.8 Å². The molecule has 2 aromatic carbocycles. The van der Waals surface area contributed by atoms with E-state index in [4.69, 9.17) is 12.2 Å². The summed E-state index contributed by atoms with van der Waals surface area (Å²) in [7, 11) is 0. The number of hydrogen-bond acceptors (Lipinski definition) is 2. The summed E-state index contributed by atoms with van der Waals surface area (Å²) in [4.78, 5) is 12.9. The standard InChI is InChI=1S/C19H18FN3OS/c1-11-6-8-15(9-7-11)22-18(24)16-12(2)21-19(25)23-17(16)13-4-3-5-14(20)10-13/h3-10,17H,1-2H3,(H,22,24)(H2,21,23,25)/t17-/m1/s1. The number of nitrogens with one attached hydrogen (secondary N) is 3. The van der Waals surface area contributed by atoms with Crippen molar-refractivity contribution in [2.45, 2.75) is 19.9 Å². The molecule has 4 nitrogen and oxygen atoms in total. The molecule has 0 spiro atoms. The van der Waals surface area contributed by atoms with Crippen LogP contribution in [0.3, 0.4) is 0 Å². The maximum atomic E-state index is 13.6. The molecule has 0 saturated heterocycles. The number of halogens is 1. The highest BCUT2D eigenvalue weighted by Crippen LogP contribution is 2.28. The first kappa shape index (κ1) is 17.1. The zero-order chi connectivity index (χ0) is 18.0. The van der Waals surface area contributed by atoms with Gasteiger partial charge in [0.15, 0.2) is 5.11 Å². The molecule has 0 fully saturated rings. The van der Waals surface area contributed by atoms with Crippen LogP contribution in [0.25, 0.3) is 0 Å². The first-order valence-electron chi connectivity index (χ1n) is 7.86. The summed E-state index contributed by atoms with van der Waals surface area (Å²) in [6.45, 7) is 3.76. The highest BCUT2D eigenvalue weighted by Gasteiger charge is 2.30. The Labute approximate surface area is 151 Å². The van der Waals surface area contributed by atoms with Crippen LogP contribution in [-0.4, -0.2) is 11.0 Å². The molecule has 3 rings (SSSR count). The zero-order valence-corrected chi connectivity index (χ0v) is 14.7.